The zero-order chi connectivity index (χ0) is 13.7. The van der Waals surface area contributed by atoms with E-state index in [1.807, 2.05) is 6.07 Å². The average molecular weight is 266 g/mol. The van der Waals surface area contributed by atoms with Crippen LogP contribution in [0.4, 0.5) is 11.6 Å². The minimum absolute atomic E-state index is 0.367. The third kappa shape index (κ3) is 4.04. The summed E-state index contributed by atoms with van der Waals surface area (Å²) in [5.74, 6) is 1.68. The molecule has 1 saturated heterocycles. The molecule has 1 atom stereocenters. The molecule has 0 aliphatic carbocycles. The average Bonchev–Trinajstić information content (AvgIpc) is 2.45. The highest BCUT2D eigenvalue weighted by molar-refractivity contribution is 5.48. The van der Waals surface area contributed by atoms with E-state index in [2.05, 4.69) is 20.2 Å². The van der Waals surface area contributed by atoms with Gasteiger partial charge in [-0.2, -0.15) is 0 Å². The largest absolute Gasteiger partial charge is 0.392 e. The highest BCUT2D eigenvalue weighted by Crippen LogP contribution is 2.20. The van der Waals surface area contributed by atoms with Gasteiger partial charge in [0.2, 0.25) is 0 Å². The van der Waals surface area contributed by atoms with Gasteiger partial charge in [0, 0.05) is 32.8 Å². The van der Waals surface area contributed by atoms with Gasteiger partial charge in [0.05, 0.1) is 12.2 Å². The third-order valence-corrected chi connectivity index (χ3v) is 3.33. The Morgan fingerprint density at radius 1 is 1.47 bits per heavy atom. The van der Waals surface area contributed by atoms with E-state index in [-0.39, 0.29) is 0 Å². The van der Waals surface area contributed by atoms with E-state index in [9.17, 15) is 5.11 Å². The Bertz CT molecular complexity index is 392. The van der Waals surface area contributed by atoms with Crippen molar-refractivity contribution in [2.45, 2.75) is 32.0 Å². The second-order valence-electron chi connectivity index (χ2n) is 4.91. The molecule has 1 aromatic rings. The maximum Gasteiger partial charge on any atom is 0.134 e. The molecule has 1 fully saturated rings. The maximum absolute atomic E-state index is 9.26. The summed E-state index contributed by atoms with van der Waals surface area (Å²) in [6, 6.07) is 1.93. The number of nitrogens with one attached hydrogen (secondary N) is 1. The molecule has 2 N–H and O–H groups in total. The predicted molar refractivity (Wildman–Crippen MR) is 74.4 cm³/mol. The molecule has 0 aromatic carbocycles. The fourth-order valence-electron chi connectivity index (χ4n) is 2.19. The lowest BCUT2D eigenvalue weighted by Crippen LogP contribution is -2.37. The summed E-state index contributed by atoms with van der Waals surface area (Å²) in [6.45, 7) is 4.13. The first-order valence-electron chi connectivity index (χ1n) is 6.70. The van der Waals surface area contributed by atoms with Crippen molar-refractivity contribution in [3.8, 4) is 0 Å². The molecule has 1 aliphatic heterocycles. The highest BCUT2D eigenvalue weighted by Gasteiger charge is 2.19. The van der Waals surface area contributed by atoms with Gasteiger partial charge in [0.25, 0.3) is 0 Å². The Morgan fingerprint density at radius 3 is 2.84 bits per heavy atom. The van der Waals surface area contributed by atoms with E-state index in [0.717, 1.165) is 37.6 Å². The van der Waals surface area contributed by atoms with Crippen molar-refractivity contribution in [3.05, 3.63) is 12.4 Å². The number of piperidine rings is 1. The summed E-state index contributed by atoms with van der Waals surface area (Å²) >= 11 is 0. The van der Waals surface area contributed by atoms with Gasteiger partial charge in [0.15, 0.2) is 0 Å². The summed E-state index contributed by atoms with van der Waals surface area (Å²) < 4.78 is 5.36. The molecule has 2 heterocycles. The molecule has 0 saturated carbocycles. The molecule has 2 rings (SSSR count). The second kappa shape index (κ2) is 6.68. The van der Waals surface area contributed by atoms with E-state index < -0.39 is 6.10 Å². The maximum atomic E-state index is 9.26. The number of nitrogens with zero attached hydrogens (tertiary/aromatic N) is 3. The Morgan fingerprint density at radius 2 is 2.21 bits per heavy atom. The first-order valence-corrected chi connectivity index (χ1v) is 6.70. The van der Waals surface area contributed by atoms with Crippen LogP contribution in [-0.4, -0.2) is 54.0 Å². The SMILES string of the molecule is COC1CCN(c2cc(NCC(C)O)ncn2)CC1. The van der Waals surface area contributed by atoms with Crippen molar-refractivity contribution in [3.63, 3.8) is 0 Å². The van der Waals surface area contributed by atoms with Gasteiger partial charge in [0.1, 0.15) is 18.0 Å². The number of rotatable bonds is 5. The molecule has 1 aromatic heterocycles. The van der Waals surface area contributed by atoms with Crippen LogP contribution < -0.4 is 10.2 Å². The molecular formula is C13H22N4O2. The fourth-order valence-corrected chi connectivity index (χ4v) is 2.19. The van der Waals surface area contributed by atoms with E-state index in [1.54, 1.807) is 20.4 Å². The van der Waals surface area contributed by atoms with Crippen LogP contribution >= 0.6 is 0 Å². The lowest BCUT2D eigenvalue weighted by Gasteiger charge is -2.32. The van der Waals surface area contributed by atoms with E-state index in [0.29, 0.717) is 12.6 Å². The molecule has 6 heteroatoms. The summed E-state index contributed by atoms with van der Waals surface area (Å²) in [6.07, 6.45) is 3.58. The molecule has 106 valence electrons. The quantitative estimate of drug-likeness (QED) is 0.824. The lowest BCUT2D eigenvalue weighted by molar-refractivity contribution is 0.0818. The van der Waals surface area contributed by atoms with Crippen LogP contribution in [0.3, 0.4) is 0 Å². The molecule has 19 heavy (non-hydrogen) atoms. The molecule has 0 radical (unpaired) electrons. The lowest BCUT2D eigenvalue weighted by atomic mass is 10.1. The van der Waals surface area contributed by atoms with Crippen LogP contribution in [0.2, 0.25) is 0 Å². The second-order valence-corrected chi connectivity index (χ2v) is 4.91. The van der Waals surface area contributed by atoms with E-state index >= 15 is 0 Å². The monoisotopic (exact) mass is 266 g/mol. The summed E-state index contributed by atoms with van der Waals surface area (Å²) in [5, 5.41) is 12.3. The Labute approximate surface area is 113 Å². The van der Waals surface area contributed by atoms with Crippen LogP contribution in [-0.2, 0) is 4.74 Å². The van der Waals surface area contributed by atoms with Crippen LogP contribution in [0.1, 0.15) is 19.8 Å². The Hall–Kier alpha value is -1.40. The summed E-state index contributed by atoms with van der Waals surface area (Å²) in [5.41, 5.74) is 0. The van der Waals surface area contributed by atoms with Crippen LogP contribution in [0.15, 0.2) is 12.4 Å². The Kier molecular flexibility index (Phi) is 4.93. The van der Waals surface area contributed by atoms with Gasteiger partial charge in [-0.25, -0.2) is 9.97 Å². The fraction of sp³-hybridized carbons (Fsp3) is 0.692. The molecule has 0 spiro atoms. The van der Waals surface area contributed by atoms with Crippen molar-refractivity contribution < 1.29 is 9.84 Å². The van der Waals surface area contributed by atoms with Crippen LogP contribution in [0.25, 0.3) is 0 Å². The number of methoxy groups -OCH3 is 1. The van der Waals surface area contributed by atoms with Crippen LogP contribution in [0, 0.1) is 0 Å². The van der Waals surface area contributed by atoms with Gasteiger partial charge < -0.3 is 20.1 Å². The number of hydrogen-bond donors (Lipinski definition) is 2. The smallest absolute Gasteiger partial charge is 0.134 e. The van der Waals surface area contributed by atoms with Crippen LogP contribution in [0.5, 0.6) is 0 Å². The Balaban J connectivity index is 1.95. The highest BCUT2D eigenvalue weighted by atomic mass is 16.5. The van der Waals surface area contributed by atoms with Gasteiger partial charge >= 0.3 is 0 Å². The van der Waals surface area contributed by atoms with Crippen molar-refractivity contribution in [1.82, 2.24) is 9.97 Å². The number of aliphatic hydroxyl groups excluding tert-OH is 1. The normalized spacial score (nSPS) is 18.4. The zero-order valence-corrected chi connectivity index (χ0v) is 11.5. The zero-order valence-electron chi connectivity index (χ0n) is 11.5. The van der Waals surface area contributed by atoms with E-state index in [1.165, 1.54) is 0 Å². The molecular weight excluding hydrogens is 244 g/mol. The van der Waals surface area contributed by atoms with E-state index in [4.69, 9.17) is 4.74 Å². The number of anilines is 2. The predicted octanol–water partition coefficient (Wildman–Crippen LogP) is 0.884. The first kappa shape index (κ1) is 14.0. The minimum Gasteiger partial charge on any atom is -0.392 e. The number of ether oxygens (including phenoxy) is 1. The standard InChI is InChI=1S/C13H22N4O2/c1-10(18)8-14-12-7-13(16-9-15-12)17-5-3-11(19-2)4-6-17/h7,9-11,18H,3-6,8H2,1-2H3,(H,14,15,16). The molecule has 0 amide bonds. The van der Waals surface area contributed by atoms with Crippen molar-refractivity contribution in [2.75, 3.05) is 37.0 Å². The van der Waals surface area contributed by atoms with Gasteiger partial charge in [-0.05, 0) is 19.8 Å². The van der Waals surface area contributed by atoms with Gasteiger partial charge in [-0.15, -0.1) is 0 Å². The number of aromatic nitrogens is 2. The number of aliphatic hydroxyl groups is 1. The number of hydrogen-bond acceptors (Lipinski definition) is 6. The topological polar surface area (TPSA) is 70.5 Å². The first-order chi connectivity index (χ1) is 9.19. The third-order valence-electron chi connectivity index (χ3n) is 3.33. The molecule has 1 aliphatic rings. The van der Waals surface area contributed by atoms with Crippen molar-refractivity contribution >= 4 is 11.6 Å². The van der Waals surface area contributed by atoms with Gasteiger partial charge in [-0.1, -0.05) is 0 Å². The molecule has 0 bridgehead atoms. The van der Waals surface area contributed by atoms with Crippen molar-refractivity contribution in [1.29, 1.82) is 0 Å². The minimum atomic E-state index is -0.393. The summed E-state index contributed by atoms with van der Waals surface area (Å²) in [7, 11) is 1.77. The molecule has 6 nitrogen and oxygen atoms in total. The molecule has 1 unspecified atom stereocenters. The summed E-state index contributed by atoms with van der Waals surface area (Å²) in [4.78, 5) is 10.7. The van der Waals surface area contributed by atoms with Crippen molar-refractivity contribution in [2.24, 2.45) is 0 Å². The van der Waals surface area contributed by atoms with Gasteiger partial charge in [-0.3, -0.25) is 0 Å².